The van der Waals surface area contributed by atoms with E-state index in [0.717, 1.165) is 17.3 Å². The average Bonchev–Trinajstić information content (AvgIpc) is 2.77. The quantitative estimate of drug-likeness (QED) is 0.590. The highest BCUT2D eigenvalue weighted by Crippen LogP contribution is 2.35. The molecule has 1 unspecified atom stereocenters. The lowest BCUT2D eigenvalue weighted by atomic mass is 10.1. The first kappa shape index (κ1) is 17.8. The van der Waals surface area contributed by atoms with Crippen LogP contribution in [0.25, 0.3) is 6.08 Å². The molecule has 0 aromatic heterocycles. The first-order chi connectivity index (χ1) is 10.9. The highest BCUT2D eigenvalue weighted by Gasteiger charge is 2.40. The zero-order valence-electron chi connectivity index (χ0n) is 12.3. The van der Waals surface area contributed by atoms with Crippen molar-refractivity contribution in [2.24, 2.45) is 0 Å². The van der Waals surface area contributed by atoms with Gasteiger partial charge in [-0.1, -0.05) is 36.1 Å². The Hall–Kier alpha value is -1.51. The normalized spacial score (nSPS) is 17.8. The molecule has 1 aliphatic rings. The van der Waals surface area contributed by atoms with E-state index in [1.807, 2.05) is 6.26 Å². The first-order valence-corrected chi connectivity index (χ1v) is 9.33. The maximum Gasteiger partial charge on any atom is 0.326 e. The van der Waals surface area contributed by atoms with Crippen LogP contribution in [0.2, 0.25) is 0 Å². The summed E-state index contributed by atoms with van der Waals surface area (Å²) in [5.41, 5.74) is 0.735. The van der Waals surface area contributed by atoms with Crippen LogP contribution >= 0.6 is 35.7 Å². The third kappa shape index (κ3) is 4.27. The van der Waals surface area contributed by atoms with Gasteiger partial charge in [0, 0.05) is 0 Å². The van der Waals surface area contributed by atoms with E-state index in [4.69, 9.17) is 12.2 Å². The molecule has 1 saturated heterocycles. The summed E-state index contributed by atoms with van der Waals surface area (Å²) in [6, 6.07) is 5.44. The van der Waals surface area contributed by atoms with Gasteiger partial charge in [-0.2, -0.15) is 11.8 Å². The first-order valence-electron chi connectivity index (χ1n) is 6.72. The summed E-state index contributed by atoms with van der Waals surface area (Å²) in [5, 5.41) is 18.7. The number of carboxylic acid groups (broad SMARTS) is 1. The van der Waals surface area contributed by atoms with Crippen LogP contribution in [-0.2, 0) is 9.59 Å². The van der Waals surface area contributed by atoms with Crippen LogP contribution in [-0.4, -0.2) is 49.4 Å². The van der Waals surface area contributed by atoms with Gasteiger partial charge in [0.2, 0.25) is 0 Å². The largest absolute Gasteiger partial charge is 0.508 e. The fourth-order valence-corrected chi connectivity index (χ4v) is 3.88. The molecule has 0 bridgehead atoms. The number of rotatable bonds is 6. The van der Waals surface area contributed by atoms with Gasteiger partial charge in [-0.3, -0.25) is 9.69 Å². The van der Waals surface area contributed by atoms with E-state index in [-0.39, 0.29) is 16.0 Å². The molecule has 0 radical (unpaired) electrons. The lowest BCUT2D eigenvalue weighted by molar-refractivity contribution is -0.145. The minimum atomic E-state index is -1.05. The molecular weight excluding hydrogens is 354 g/mol. The molecule has 1 amide bonds. The van der Waals surface area contributed by atoms with Crippen molar-refractivity contribution in [1.82, 2.24) is 4.90 Å². The van der Waals surface area contributed by atoms with Gasteiger partial charge in [0.1, 0.15) is 16.1 Å². The molecule has 5 nitrogen and oxygen atoms in total. The van der Waals surface area contributed by atoms with Gasteiger partial charge in [-0.25, -0.2) is 4.79 Å². The smallest absolute Gasteiger partial charge is 0.326 e. The van der Waals surface area contributed by atoms with Crippen molar-refractivity contribution >= 4 is 58.0 Å². The Bertz CT molecular complexity index is 657. The van der Waals surface area contributed by atoms with Crippen molar-refractivity contribution in [3.05, 3.63) is 34.7 Å². The number of carboxylic acids is 1. The van der Waals surface area contributed by atoms with E-state index in [2.05, 4.69) is 0 Å². The Balaban J connectivity index is 2.24. The Morgan fingerprint density at radius 1 is 1.43 bits per heavy atom. The van der Waals surface area contributed by atoms with Gasteiger partial charge in [-0.05, 0) is 42.2 Å². The maximum absolute atomic E-state index is 12.5. The van der Waals surface area contributed by atoms with Crippen LogP contribution in [0.3, 0.4) is 0 Å². The third-order valence-corrected chi connectivity index (χ3v) is 5.18. The van der Waals surface area contributed by atoms with Crippen molar-refractivity contribution in [1.29, 1.82) is 0 Å². The van der Waals surface area contributed by atoms with E-state index in [1.165, 1.54) is 28.8 Å². The minimum absolute atomic E-state index is 0.137. The van der Waals surface area contributed by atoms with Gasteiger partial charge in [0.15, 0.2) is 0 Å². The number of nitrogens with zero attached hydrogens (tertiary/aromatic N) is 1. The number of amides is 1. The molecule has 1 atom stereocenters. The molecule has 0 spiro atoms. The summed E-state index contributed by atoms with van der Waals surface area (Å²) in [4.78, 5) is 25.6. The molecule has 1 aromatic carbocycles. The van der Waals surface area contributed by atoms with E-state index in [0.29, 0.717) is 17.1 Å². The highest BCUT2D eigenvalue weighted by atomic mass is 32.2. The van der Waals surface area contributed by atoms with E-state index in [1.54, 1.807) is 18.2 Å². The van der Waals surface area contributed by atoms with Crippen LogP contribution in [0.1, 0.15) is 12.0 Å². The van der Waals surface area contributed by atoms with E-state index < -0.39 is 12.0 Å². The summed E-state index contributed by atoms with van der Waals surface area (Å²) in [6.45, 7) is 0. The second-order valence-electron chi connectivity index (χ2n) is 4.78. The van der Waals surface area contributed by atoms with Crippen LogP contribution in [0.15, 0.2) is 29.2 Å². The molecule has 1 fully saturated rings. The van der Waals surface area contributed by atoms with E-state index >= 15 is 0 Å². The molecule has 0 aliphatic carbocycles. The molecule has 122 valence electrons. The number of thioether (sulfide) groups is 2. The molecule has 2 rings (SSSR count). The molecule has 23 heavy (non-hydrogen) atoms. The number of thiocarbonyl (C=S) groups is 1. The maximum atomic E-state index is 12.5. The fourth-order valence-electron chi connectivity index (χ4n) is 2.06. The van der Waals surface area contributed by atoms with Crippen molar-refractivity contribution in [2.75, 3.05) is 12.0 Å². The third-order valence-electron chi connectivity index (χ3n) is 3.21. The summed E-state index contributed by atoms with van der Waals surface area (Å²) < 4.78 is 0.258. The Labute approximate surface area is 147 Å². The summed E-state index contributed by atoms with van der Waals surface area (Å²) >= 11 is 7.81. The Kier molecular flexibility index (Phi) is 6.09. The average molecular weight is 369 g/mol. The number of aliphatic carboxylic acids is 1. The molecule has 1 aromatic rings. The van der Waals surface area contributed by atoms with Gasteiger partial charge in [-0.15, -0.1) is 0 Å². The van der Waals surface area contributed by atoms with E-state index in [9.17, 15) is 19.8 Å². The standard InChI is InChI=1S/C15H15NO4S3/c1-22-7-6-11(14(19)20)16-13(18)12(23-15(16)21)8-9-2-4-10(17)5-3-9/h2-5,8,11,17H,6-7H2,1H3,(H,19,20)/b12-8+. The lowest BCUT2D eigenvalue weighted by Gasteiger charge is -2.22. The van der Waals surface area contributed by atoms with Crippen LogP contribution in [0.4, 0.5) is 0 Å². The molecular formula is C15H15NO4S3. The number of carbonyl (C=O) groups is 2. The summed E-state index contributed by atoms with van der Waals surface area (Å²) in [6.07, 6.45) is 3.87. The summed E-state index contributed by atoms with van der Waals surface area (Å²) in [5.74, 6) is -0.675. The van der Waals surface area contributed by atoms with Gasteiger partial charge in [0.25, 0.3) is 5.91 Å². The van der Waals surface area contributed by atoms with Crippen molar-refractivity contribution in [3.63, 3.8) is 0 Å². The predicted molar refractivity (Wildman–Crippen MR) is 97.5 cm³/mol. The number of benzene rings is 1. The molecule has 1 heterocycles. The van der Waals surface area contributed by atoms with Gasteiger partial charge >= 0.3 is 5.97 Å². The second kappa shape index (κ2) is 7.85. The molecule has 0 saturated carbocycles. The monoisotopic (exact) mass is 369 g/mol. The minimum Gasteiger partial charge on any atom is -0.508 e. The van der Waals surface area contributed by atoms with Crippen molar-refractivity contribution in [3.8, 4) is 5.75 Å². The highest BCUT2D eigenvalue weighted by molar-refractivity contribution is 8.26. The zero-order valence-corrected chi connectivity index (χ0v) is 14.7. The van der Waals surface area contributed by atoms with Crippen molar-refractivity contribution < 1.29 is 19.8 Å². The summed E-state index contributed by atoms with van der Waals surface area (Å²) in [7, 11) is 0. The van der Waals surface area contributed by atoms with Crippen LogP contribution in [0, 0.1) is 0 Å². The number of carbonyl (C=O) groups excluding carboxylic acids is 1. The second-order valence-corrected chi connectivity index (χ2v) is 7.44. The molecule has 2 N–H and O–H groups in total. The predicted octanol–water partition coefficient (Wildman–Crippen LogP) is 2.80. The molecule has 8 heteroatoms. The fraction of sp³-hybridized carbons (Fsp3) is 0.267. The zero-order chi connectivity index (χ0) is 17.0. The topological polar surface area (TPSA) is 77.8 Å². The SMILES string of the molecule is CSCCC(C(=O)O)N1C(=O)/C(=C\c2ccc(O)cc2)SC1=S. The van der Waals surface area contributed by atoms with Crippen molar-refractivity contribution in [2.45, 2.75) is 12.5 Å². The Morgan fingerprint density at radius 3 is 2.65 bits per heavy atom. The number of hydrogen-bond acceptors (Lipinski definition) is 6. The van der Waals surface area contributed by atoms with Gasteiger partial charge < -0.3 is 10.2 Å². The Morgan fingerprint density at radius 2 is 2.09 bits per heavy atom. The number of hydrogen-bond donors (Lipinski definition) is 2. The van der Waals surface area contributed by atoms with Crippen LogP contribution in [0.5, 0.6) is 5.75 Å². The van der Waals surface area contributed by atoms with Crippen LogP contribution < -0.4 is 0 Å². The number of aromatic hydroxyl groups is 1. The number of phenolic OH excluding ortho intramolecular Hbond substituents is 1. The number of phenols is 1. The molecule has 1 aliphatic heterocycles. The van der Waals surface area contributed by atoms with Gasteiger partial charge in [0.05, 0.1) is 4.91 Å². The lowest BCUT2D eigenvalue weighted by Crippen LogP contribution is -2.44.